The zero-order chi connectivity index (χ0) is 12.8. The molecule has 1 N–H and O–H groups in total. The Hall–Kier alpha value is -2.16. The van der Waals surface area contributed by atoms with Crippen LogP contribution in [0.15, 0.2) is 54.9 Å². The van der Waals surface area contributed by atoms with E-state index in [2.05, 4.69) is 22.4 Å². The van der Waals surface area contributed by atoms with E-state index in [1.165, 1.54) is 5.56 Å². The van der Waals surface area contributed by atoms with Crippen LogP contribution in [0.3, 0.4) is 0 Å². The first kappa shape index (κ1) is 12.3. The standard InChI is InChI=1S/C15H16N2O/c1-12(11-13-5-3-2-4-6-13)17-15(18)14-7-9-16-10-8-14/h2-10,12H,11H2,1H3,(H,17,18)/t12-/m1/s1. The van der Waals surface area contributed by atoms with Gasteiger partial charge in [-0.15, -0.1) is 0 Å². The molecule has 1 heterocycles. The van der Waals surface area contributed by atoms with Gasteiger partial charge in [0.2, 0.25) is 0 Å². The van der Waals surface area contributed by atoms with Gasteiger partial charge in [-0.3, -0.25) is 9.78 Å². The highest BCUT2D eigenvalue weighted by Gasteiger charge is 2.09. The number of hydrogen-bond donors (Lipinski definition) is 1. The number of carbonyl (C=O) groups is 1. The van der Waals surface area contributed by atoms with Crippen LogP contribution in [-0.4, -0.2) is 16.9 Å². The number of aromatic nitrogens is 1. The first-order chi connectivity index (χ1) is 8.75. The number of nitrogens with one attached hydrogen (secondary N) is 1. The first-order valence-corrected chi connectivity index (χ1v) is 6.00. The molecule has 0 saturated heterocycles. The van der Waals surface area contributed by atoms with Crippen molar-refractivity contribution in [2.75, 3.05) is 0 Å². The second kappa shape index (κ2) is 5.96. The van der Waals surface area contributed by atoms with E-state index in [-0.39, 0.29) is 11.9 Å². The fourth-order valence-corrected chi connectivity index (χ4v) is 1.83. The summed E-state index contributed by atoms with van der Waals surface area (Å²) in [5, 5.41) is 2.98. The molecule has 2 rings (SSSR count). The minimum Gasteiger partial charge on any atom is -0.349 e. The summed E-state index contributed by atoms with van der Waals surface area (Å²) in [6, 6.07) is 13.7. The molecule has 18 heavy (non-hydrogen) atoms. The lowest BCUT2D eigenvalue weighted by atomic mass is 10.1. The van der Waals surface area contributed by atoms with E-state index in [1.807, 2.05) is 25.1 Å². The fourth-order valence-electron chi connectivity index (χ4n) is 1.83. The molecular formula is C15H16N2O. The van der Waals surface area contributed by atoms with Crippen molar-refractivity contribution in [1.82, 2.24) is 10.3 Å². The predicted molar refractivity (Wildman–Crippen MR) is 71.3 cm³/mol. The molecule has 0 saturated carbocycles. The minimum atomic E-state index is -0.0548. The lowest BCUT2D eigenvalue weighted by Crippen LogP contribution is -2.34. The van der Waals surface area contributed by atoms with Gasteiger partial charge < -0.3 is 5.32 Å². The van der Waals surface area contributed by atoms with Gasteiger partial charge in [0.15, 0.2) is 0 Å². The zero-order valence-electron chi connectivity index (χ0n) is 10.3. The quantitative estimate of drug-likeness (QED) is 0.891. The highest BCUT2D eigenvalue weighted by atomic mass is 16.1. The van der Waals surface area contributed by atoms with Crippen molar-refractivity contribution < 1.29 is 4.79 Å². The Bertz CT molecular complexity index is 496. The van der Waals surface area contributed by atoms with Crippen molar-refractivity contribution in [3.05, 3.63) is 66.0 Å². The van der Waals surface area contributed by atoms with Gasteiger partial charge in [-0.1, -0.05) is 30.3 Å². The molecule has 3 nitrogen and oxygen atoms in total. The predicted octanol–water partition coefficient (Wildman–Crippen LogP) is 2.44. The van der Waals surface area contributed by atoms with Crippen LogP contribution in [0.25, 0.3) is 0 Å². The maximum atomic E-state index is 11.9. The van der Waals surface area contributed by atoms with Crippen LogP contribution in [0.1, 0.15) is 22.8 Å². The van der Waals surface area contributed by atoms with Crippen LogP contribution in [0, 0.1) is 0 Å². The van der Waals surface area contributed by atoms with Gasteiger partial charge in [0.05, 0.1) is 0 Å². The molecule has 0 aliphatic heterocycles. The van der Waals surface area contributed by atoms with E-state index in [4.69, 9.17) is 0 Å². The number of amides is 1. The number of nitrogens with zero attached hydrogens (tertiary/aromatic N) is 1. The summed E-state index contributed by atoms with van der Waals surface area (Å²) in [6.45, 7) is 2.01. The summed E-state index contributed by atoms with van der Waals surface area (Å²) in [5.74, 6) is -0.0548. The molecule has 0 fully saturated rings. The van der Waals surface area contributed by atoms with Crippen molar-refractivity contribution in [3.8, 4) is 0 Å². The monoisotopic (exact) mass is 240 g/mol. The minimum absolute atomic E-state index is 0.0548. The van der Waals surface area contributed by atoms with Crippen LogP contribution in [0.5, 0.6) is 0 Å². The van der Waals surface area contributed by atoms with Crippen molar-refractivity contribution in [3.63, 3.8) is 0 Å². The van der Waals surface area contributed by atoms with Crippen LogP contribution in [-0.2, 0) is 6.42 Å². The molecule has 1 aromatic carbocycles. The van der Waals surface area contributed by atoms with Gasteiger partial charge in [-0.05, 0) is 31.0 Å². The average molecular weight is 240 g/mol. The van der Waals surface area contributed by atoms with Gasteiger partial charge in [-0.2, -0.15) is 0 Å². The highest BCUT2D eigenvalue weighted by molar-refractivity contribution is 5.94. The molecule has 1 atom stereocenters. The van der Waals surface area contributed by atoms with E-state index < -0.39 is 0 Å². The molecule has 1 aromatic heterocycles. The molecule has 0 unspecified atom stereocenters. The number of carbonyl (C=O) groups excluding carboxylic acids is 1. The largest absolute Gasteiger partial charge is 0.349 e. The number of pyridine rings is 1. The van der Waals surface area contributed by atoms with Crippen molar-refractivity contribution in [2.24, 2.45) is 0 Å². The van der Waals surface area contributed by atoms with Crippen molar-refractivity contribution >= 4 is 5.91 Å². The maximum absolute atomic E-state index is 11.9. The molecule has 92 valence electrons. The van der Waals surface area contributed by atoms with Crippen molar-refractivity contribution in [2.45, 2.75) is 19.4 Å². The van der Waals surface area contributed by atoms with Crippen LogP contribution in [0.2, 0.25) is 0 Å². The van der Waals surface area contributed by atoms with Crippen molar-refractivity contribution in [1.29, 1.82) is 0 Å². The lowest BCUT2D eigenvalue weighted by molar-refractivity contribution is 0.0940. The lowest BCUT2D eigenvalue weighted by Gasteiger charge is -2.13. The fraction of sp³-hybridized carbons (Fsp3) is 0.200. The summed E-state index contributed by atoms with van der Waals surface area (Å²) in [4.78, 5) is 15.8. The van der Waals surface area contributed by atoms with Gasteiger partial charge in [0.1, 0.15) is 0 Å². The molecule has 1 amide bonds. The van der Waals surface area contributed by atoms with E-state index in [0.29, 0.717) is 5.56 Å². The Balaban J connectivity index is 1.92. The van der Waals surface area contributed by atoms with Gasteiger partial charge >= 0.3 is 0 Å². The Morgan fingerprint density at radius 1 is 1.17 bits per heavy atom. The highest BCUT2D eigenvalue weighted by Crippen LogP contribution is 2.04. The summed E-state index contributed by atoms with van der Waals surface area (Å²) < 4.78 is 0. The van der Waals surface area contributed by atoms with E-state index in [1.54, 1.807) is 24.5 Å². The molecule has 0 bridgehead atoms. The topological polar surface area (TPSA) is 42.0 Å². The third-order valence-electron chi connectivity index (χ3n) is 2.70. The Kier molecular flexibility index (Phi) is 4.07. The normalized spacial score (nSPS) is 11.8. The number of rotatable bonds is 4. The first-order valence-electron chi connectivity index (χ1n) is 6.00. The summed E-state index contributed by atoms with van der Waals surface area (Å²) in [6.07, 6.45) is 4.07. The molecular weight excluding hydrogens is 224 g/mol. The molecule has 0 radical (unpaired) electrons. The van der Waals surface area contributed by atoms with E-state index >= 15 is 0 Å². The molecule has 0 aliphatic carbocycles. The number of hydrogen-bond acceptors (Lipinski definition) is 2. The van der Waals surface area contributed by atoms with Crippen LogP contribution >= 0.6 is 0 Å². The van der Waals surface area contributed by atoms with Gasteiger partial charge in [-0.25, -0.2) is 0 Å². The maximum Gasteiger partial charge on any atom is 0.251 e. The van der Waals surface area contributed by atoms with Gasteiger partial charge in [0, 0.05) is 24.0 Å². The Morgan fingerprint density at radius 3 is 2.50 bits per heavy atom. The second-order valence-electron chi connectivity index (χ2n) is 4.30. The molecule has 3 heteroatoms. The molecule has 2 aromatic rings. The molecule has 0 spiro atoms. The summed E-state index contributed by atoms with van der Waals surface area (Å²) >= 11 is 0. The third-order valence-corrected chi connectivity index (χ3v) is 2.70. The van der Waals surface area contributed by atoms with Crippen LogP contribution < -0.4 is 5.32 Å². The smallest absolute Gasteiger partial charge is 0.251 e. The molecule has 0 aliphatic rings. The summed E-state index contributed by atoms with van der Waals surface area (Å²) in [7, 11) is 0. The SMILES string of the molecule is C[C@H](Cc1ccccc1)NC(=O)c1ccncc1. The third kappa shape index (κ3) is 3.42. The van der Waals surface area contributed by atoms with E-state index in [9.17, 15) is 4.79 Å². The van der Waals surface area contributed by atoms with E-state index in [0.717, 1.165) is 6.42 Å². The summed E-state index contributed by atoms with van der Waals surface area (Å²) in [5.41, 5.74) is 1.87. The number of benzene rings is 1. The Labute approximate surface area is 107 Å². The average Bonchev–Trinajstić information content (AvgIpc) is 2.40. The van der Waals surface area contributed by atoms with Crippen LogP contribution in [0.4, 0.5) is 0 Å². The zero-order valence-corrected chi connectivity index (χ0v) is 10.3. The van der Waals surface area contributed by atoms with Gasteiger partial charge in [0.25, 0.3) is 5.91 Å². The Morgan fingerprint density at radius 2 is 1.83 bits per heavy atom. The second-order valence-corrected chi connectivity index (χ2v) is 4.30.